The number of carbonyl (C=O) groups excluding carboxylic acids is 2. The van der Waals surface area contributed by atoms with E-state index in [0.717, 1.165) is 13.8 Å². The van der Waals surface area contributed by atoms with Crippen molar-refractivity contribution in [1.29, 1.82) is 0 Å². The Hall–Kier alpha value is -2.22. The van der Waals surface area contributed by atoms with Gasteiger partial charge in [0.2, 0.25) is 11.8 Å². The Morgan fingerprint density at radius 2 is 0.855 bits per heavy atom. The molecule has 0 aromatic rings. The third-order valence-electron chi connectivity index (χ3n) is 13.9. The second-order valence-corrected chi connectivity index (χ2v) is 19.4. The molecular formula is C43H76N4O29. The minimum Gasteiger partial charge on any atom is -0.394 e. The molecule has 0 unspecified atom stereocenters. The first kappa shape index (κ1) is 63.0. The van der Waals surface area contributed by atoms with Gasteiger partial charge in [-0.2, -0.15) is 0 Å². The zero-order valence-electron chi connectivity index (χ0n) is 41.6. The van der Waals surface area contributed by atoms with Crippen LogP contribution < -0.4 is 22.1 Å². The van der Waals surface area contributed by atoms with Crippen LogP contribution in [0.1, 0.15) is 27.2 Å². The highest BCUT2D eigenvalue weighted by molar-refractivity contribution is 5.73. The van der Waals surface area contributed by atoms with E-state index < -0.39 is 229 Å². The third kappa shape index (κ3) is 14.3. The Morgan fingerprint density at radius 1 is 0.447 bits per heavy atom. The number of aliphatic hydroxyl groups excluding tert-OH is 15. The second-order valence-electron chi connectivity index (χ2n) is 19.4. The summed E-state index contributed by atoms with van der Waals surface area (Å²) in [5.74, 6) is -1.48. The van der Waals surface area contributed by atoms with E-state index in [-0.39, 0.29) is 13.2 Å². The van der Waals surface area contributed by atoms with Gasteiger partial charge >= 0.3 is 0 Å². The molecule has 442 valence electrons. The first-order valence-corrected chi connectivity index (χ1v) is 24.7. The van der Waals surface area contributed by atoms with Crippen molar-refractivity contribution in [1.82, 2.24) is 10.6 Å². The van der Waals surface area contributed by atoms with E-state index in [1.54, 1.807) is 0 Å². The van der Waals surface area contributed by atoms with Gasteiger partial charge in [0, 0.05) is 13.8 Å². The monoisotopic (exact) mass is 1110 g/mol. The zero-order chi connectivity index (χ0) is 56.0. The molecular weight excluding hydrogens is 1040 g/mol. The molecule has 6 saturated heterocycles. The molecule has 6 aliphatic heterocycles. The van der Waals surface area contributed by atoms with E-state index in [2.05, 4.69) is 10.6 Å². The van der Waals surface area contributed by atoms with Crippen LogP contribution in [0.2, 0.25) is 0 Å². The normalized spacial score (nSPS) is 48.3. The van der Waals surface area contributed by atoms with Crippen LogP contribution in [0.25, 0.3) is 0 Å². The van der Waals surface area contributed by atoms with Crippen molar-refractivity contribution in [2.45, 2.75) is 211 Å². The summed E-state index contributed by atoms with van der Waals surface area (Å²) in [6, 6.07) is -4.72. The van der Waals surface area contributed by atoms with Crippen molar-refractivity contribution in [2.24, 2.45) is 11.5 Å². The lowest BCUT2D eigenvalue weighted by atomic mass is 9.93. The maximum absolute atomic E-state index is 12.9. The van der Waals surface area contributed by atoms with Gasteiger partial charge in [-0.15, -0.1) is 0 Å². The van der Waals surface area contributed by atoms with E-state index in [1.807, 2.05) is 0 Å². The molecule has 0 aromatic carbocycles. The van der Waals surface area contributed by atoms with Gasteiger partial charge in [-0.05, 0) is 19.9 Å². The van der Waals surface area contributed by atoms with Gasteiger partial charge in [-0.3, -0.25) is 9.59 Å². The average molecular weight is 1110 g/mol. The van der Waals surface area contributed by atoms with Crippen LogP contribution in [0.4, 0.5) is 0 Å². The number of hydrogen-bond donors (Lipinski definition) is 19. The SMILES string of the molecule is CC(=O)N[C@H]1[C@H](O[C@H]2[C@H](O)[C@@H](NC(C)=O)[C@H](OCCCN)O[C@@H]2CO[C@@H]2O[C@@H](C)[C@@H](O)[C@@H](O)[C@@H]2O)O[C@H](CO)[C@@H](O[C@@H]2O[C@H](CO[C@H]3O[C@H](CO)[C@@H](O)[C@H](O)[C@@H]3O)[C@@H](N)[C@H](O[C@H]3O[C@H](CO)[C@@H](O)[C@H](O)[C@@H]3O)[C@@H]2O)[C@@H]1O. The van der Waals surface area contributed by atoms with E-state index in [1.165, 1.54) is 6.92 Å². The molecule has 6 heterocycles. The lowest BCUT2D eigenvalue weighted by molar-refractivity contribution is -0.375. The fourth-order valence-electron chi connectivity index (χ4n) is 9.53. The molecule has 0 aromatic heterocycles. The van der Waals surface area contributed by atoms with Crippen molar-refractivity contribution in [3.8, 4) is 0 Å². The van der Waals surface area contributed by atoms with Crippen LogP contribution in [0.15, 0.2) is 0 Å². The van der Waals surface area contributed by atoms with E-state index in [9.17, 15) is 86.2 Å². The van der Waals surface area contributed by atoms with Gasteiger partial charge < -0.3 is 156 Å². The van der Waals surface area contributed by atoms with Crippen LogP contribution in [0.3, 0.4) is 0 Å². The fraction of sp³-hybridized carbons (Fsp3) is 0.953. The summed E-state index contributed by atoms with van der Waals surface area (Å²) in [6.45, 7) is -0.402. The molecule has 6 fully saturated rings. The second kappa shape index (κ2) is 28.0. The predicted molar refractivity (Wildman–Crippen MR) is 240 cm³/mol. The Bertz CT molecular complexity index is 1810. The summed E-state index contributed by atoms with van der Waals surface area (Å²) >= 11 is 0. The lowest BCUT2D eigenvalue weighted by Gasteiger charge is -2.50. The zero-order valence-corrected chi connectivity index (χ0v) is 41.6. The number of amides is 2. The molecule has 0 aliphatic carbocycles. The summed E-state index contributed by atoms with van der Waals surface area (Å²) in [4.78, 5) is 25.3. The van der Waals surface area contributed by atoms with Crippen molar-refractivity contribution >= 4 is 11.8 Å². The van der Waals surface area contributed by atoms with Gasteiger partial charge in [0.1, 0.15) is 134 Å². The maximum Gasteiger partial charge on any atom is 0.217 e. The fourth-order valence-corrected chi connectivity index (χ4v) is 9.53. The number of aliphatic hydroxyl groups is 15. The Balaban J connectivity index is 1.28. The Kier molecular flexibility index (Phi) is 23.2. The smallest absolute Gasteiger partial charge is 0.217 e. The third-order valence-corrected chi connectivity index (χ3v) is 13.9. The molecule has 2 amide bonds. The lowest BCUT2D eigenvalue weighted by Crippen LogP contribution is -2.71. The molecule has 6 aliphatic rings. The van der Waals surface area contributed by atoms with Gasteiger partial charge in [-0.25, -0.2) is 0 Å². The number of rotatable bonds is 21. The van der Waals surface area contributed by atoms with E-state index in [4.69, 9.17) is 68.3 Å². The molecule has 0 radical (unpaired) electrons. The van der Waals surface area contributed by atoms with Gasteiger partial charge in [0.05, 0.1) is 51.8 Å². The summed E-state index contributed by atoms with van der Waals surface area (Å²) in [5.41, 5.74) is 12.2. The largest absolute Gasteiger partial charge is 0.394 e. The topological polar surface area (TPSA) is 524 Å². The highest BCUT2D eigenvalue weighted by atomic mass is 16.8. The Labute approximate surface area is 433 Å². The quantitative estimate of drug-likeness (QED) is 0.0475. The van der Waals surface area contributed by atoms with Crippen LogP contribution >= 0.6 is 0 Å². The molecule has 76 heavy (non-hydrogen) atoms. The minimum atomic E-state index is -2.11. The molecule has 33 heteroatoms. The molecule has 33 nitrogen and oxygen atoms in total. The number of nitrogens with one attached hydrogen (secondary N) is 2. The van der Waals surface area contributed by atoms with E-state index >= 15 is 0 Å². The minimum absolute atomic E-state index is 0.0325. The molecule has 30 atom stereocenters. The van der Waals surface area contributed by atoms with Crippen LogP contribution in [-0.2, 0) is 66.4 Å². The highest BCUT2D eigenvalue weighted by Crippen LogP contribution is 2.36. The highest BCUT2D eigenvalue weighted by Gasteiger charge is 2.57. The van der Waals surface area contributed by atoms with Crippen molar-refractivity contribution < 1.29 is 143 Å². The van der Waals surface area contributed by atoms with Crippen molar-refractivity contribution in [3.63, 3.8) is 0 Å². The number of ether oxygens (including phenoxy) is 12. The average Bonchev–Trinajstić information content (AvgIpc) is 3.39. The summed E-state index contributed by atoms with van der Waals surface area (Å²) < 4.78 is 70.4. The summed E-state index contributed by atoms with van der Waals surface area (Å²) in [5, 5.41) is 166. The van der Waals surface area contributed by atoms with Crippen molar-refractivity contribution in [2.75, 3.05) is 46.2 Å². The molecule has 6 rings (SSSR count). The Morgan fingerprint density at radius 3 is 1.39 bits per heavy atom. The first-order valence-electron chi connectivity index (χ1n) is 24.7. The molecule has 0 saturated carbocycles. The van der Waals surface area contributed by atoms with Crippen LogP contribution in [0.5, 0.6) is 0 Å². The molecule has 21 N–H and O–H groups in total. The molecule has 0 spiro atoms. The molecule has 0 bridgehead atoms. The van der Waals surface area contributed by atoms with Crippen molar-refractivity contribution in [3.05, 3.63) is 0 Å². The van der Waals surface area contributed by atoms with Crippen LogP contribution in [-0.4, -0.2) is 319 Å². The van der Waals surface area contributed by atoms with Gasteiger partial charge in [0.25, 0.3) is 0 Å². The predicted octanol–water partition coefficient (Wildman–Crippen LogP) is -12.4. The van der Waals surface area contributed by atoms with Gasteiger partial charge in [0.15, 0.2) is 37.7 Å². The number of carbonyl (C=O) groups is 2. The van der Waals surface area contributed by atoms with E-state index in [0.29, 0.717) is 6.42 Å². The number of nitrogens with two attached hydrogens (primary N) is 2. The standard InChI is InChI=1S/C43H76N4O29/c1-12-23(53)28(58)31(61)40(68-12)67-11-19-36(26(56)21(46-13(2)51)38(73-19)65-6-4-5-44)74-39-22(47-14(3)52)27(57)35(17(9-50)71-39)75-43-34(64)37(76-42-33(63)30(60)25(55)16(8-49)70-42)20(45)18(72-43)10-66-41-32(62)29(59)24(54)15(7-48)69-41/h12,15-43,48-50,53-64H,4-11,44-45H2,1-3H3,(H,46,51)(H,47,52)/t12-,15+,16+,17+,18+,19+,20+,21+,22+,23+,24+,25+,26+,27+,28+,29-,30-,31-,32-,33-,34-,35+,36+,37-,38+,39-,40+,41-,42+,43-/m0/s1. The maximum atomic E-state index is 12.9. The van der Waals surface area contributed by atoms with Gasteiger partial charge in [-0.1, -0.05) is 0 Å². The summed E-state index contributed by atoms with van der Waals surface area (Å²) in [7, 11) is 0. The summed E-state index contributed by atoms with van der Waals surface area (Å²) in [6.07, 6.45) is -46.9. The van der Waals surface area contributed by atoms with Crippen LogP contribution in [0, 0.1) is 0 Å². The number of hydrogen-bond acceptors (Lipinski definition) is 31. The first-order chi connectivity index (χ1) is 36.0.